The van der Waals surface area contributed by atoms with E-state index in [1.54, 1.807) is 4.90 Å². The Labute approximate surface area is 192 Å². The Morgan fingerprint density at radius 1 is 1.22 bits per heavy atom. The number of ether oxygens (including phenoxy) is 2. The Morgan fingerprint density at radius 2 is 2.00 bits per heavy atom. The molecule has 0 unspecified atom stereocenters. The predicted octanol–water partition coefficient (Wildman–Crippen LogP) is 2.48. The van der Waals surface area contributed by atoms with Gasteiger partial charge in [0.05, 0.1) is 31.8 Å². The monoisotopic (exact) mass is 455 g/mol. The number of aromatic nitrogens is 2. The van der Waals surface area contributed by atoms with Crippen LogP contribution in [0.25, 0.3) is 10.2 Å². The number of hydrogen-bond acceptors (Lipinski definition) is 7. The van der Waals surface area contributed by atoms with Gasteiger partial charge in [0.1, 0.15) is 34.4 Å². The molecule has 0 bridgehead atoms. The summed E-state index contributed by atoms with van der Waals surface area (Å²) in [6, 6.07) is 10.2. The van der Waals surface area contributed by atoms with Crippen LogP contribution >= 0.6 is 11.3 Å². The van der Waals surface area contributed by atoms with E-state index in [1.165, 1.54) is 11.3 Å². The number of carbonyl (C=O) groups excluding carboxylic acids is 1. The number of nitrogens with one attached hydrogen (secondary N) is 2. The Morgan fingerprint density at radius 3 is 2.75 bits per heavy atom. The van der Waals surface area contributed by atoms with E-state index < -0.39 is 0 Å². The van der Waals surface area contributed by atoms with Gasteiger partial charge in [0.2, 0.25) is 0 Å². The lowest BCUT2D eigenvalue weighted by molar-refractivity contribution is -0.908. The zero-order valence-electron chi connectivity index (χ0n) is 18.8. The number of esters is 1. The van der Waals surface area contributed by atoms with Gasteiger partial charge >= 0.3 is 5.97 Å². The summed E-state index contributed by atoms with van der Waals surface area (Å²) >= 11 is 1.39. The highest BCUT2D eigenvalue weighted by atomic mass is 32.1. The van der Waals surface area contributed by atoms with Gasteiger partial charge in [-0.1, -0.05) is 30.3 Å². The lowest BCUT2D eigenvalue weighted by atomic mass is 10.1. The minimum atomic E-state index is -0.292. The third-order valence-corrected chi connectivity index (χ3v) is 6.87. The first-order chi connectivity index (χ1) is 15.7. The third kappa shape index (κ3) is 5.43. The maximum absolute atomic E-state index is 12.5. The van der Waals surface area contributed by atoms with Gasteiger partial charge in [0.25, 0.3) is 0 Å². The molecule has 3 heterocycles. The molecule has 0 atom stereocenters. The van der Waals surface area contributed by atoms with Crippen molar-refractivity contribution in [3.63, 3.8) is 0 Å². The van der Waals surface area contributed by atoms with Crippen LogP contribution in [0.1, 0.15) is 40.0 Å². The second-order valence-electron chi connectivity index (χ2n) is 8.00. The van der Waals surface area contributed by atoms with Crippen molar-refractivity contribution < 1.29 is 19.2 Å². The molecule has 2 N–H and O–H groups in total. The second kappa shape index (κ2) is 10.8. The molecule has 3 aromatic rings. The van der Waals surface area contributed by atoms with Gasteiger partial charge in [-0.15, -0.1) is 11.3 Å². The van der Waals surface area contributed by atoms with E-state index >= 15 is 0 Å². The summed E-state index contributed by atoms with van der Waals surface area (Å²) in [5.74, 6) is 1.27. The highest BCUT2D eigenvalue weighted by Gasteiger charge is 2.21. The minimum absolute atomic E-state index is 0.292. The molecule has 0 saturated carbocycles. The topological polar surface area (TPSA) is 77.8 Å². The summed E-state index contributed by atoms with van der Waals surface area (Å²) in [6.07, 6.45) is 1.69. The van der Waals surface area contributed by atoms with Crippen molar-refractivity contribution in [1.82, 2.24) is 9.97 Å². The molecule has 1 aromatic carbocycles. The fourth-order valence-electron chi connectivity index (χ4n) is 4.02. The number of anilines is 1. The van der Waals surface area contributed by atoms with Gasteiger partial charge in [0.15, 0.2) is 0 Å². The maximum Gasteiger partial charge on any atom is 0.348 e. The minimum Gasteiger partial charge on any atom is -0.462 e. The van der Waals surface area contributed by atoms with Crippen molar-refractivity contribution in [2.75, 3.05) is 51.3 Å². The zero-order valence-corrected chi connectivity index (χ0v) is 19.6. The average molecular weight is 456 g/mol. The van der Waals surface area contributed by atoms with Crippen LogP contribution < -0.4 is 10.2 Å². The number of morpholine rings is 1. The highest BCUT2D eigenvalue weighted by Crippen LogP contribution is 2.34. The number of nitrogens with zero attached hydrogens (tertiary/aromatic N) is 2. The molecule has 8 heteroatoms. The molecule has 1 aliphatic heterocycles. The second-order valence-corrected chi connectivity index (χ2v) is 9.00. The van der Waals surface area contributed by atoms with Crippen molar-refractivity contribution in [3.8, 4) is 0 Å². The molecule has 0 radical (unpaired) electrons. The number of thiophene rings is 1. The zero-order chi connectivity index (χ0) is 22.3. The van der Waals surface area contributed by atoms with Gasteiger partial charge in [-0.05, 0) is 25.0 Å². The van der Waals surface area contributed by atoms with Crippen LogP contribution in [0.15, 0.2) is 30.3 Å². The Hall–Kier alpha value is -2.55. The standard InChI is InChI=1S/C24H30N4O3S/c1-3-31-24(29)21-17(2)20-22(25-10-7-11-28-12-14-30-15-13-28)26-19(27-23(20)32-21)16-18-8-5-4-6-9-18/h4-6,8-9H,3,7,10-16H2,1-2H3,(H,25,26,27)/p+1. The van der Waals surface area contributed by atoms with Gasteiger partial charge in [-0.3, -0.25) is 0 Å². The summed E-state index contributed by atoms with van der Waals surface area (Å²) in [6.45, 7) is 9.91. The van der Waals surface area contributed by atoms with Crippen molar-refractivity contribution >= 4 is 33.3 Å². The maximum atomic E-state index is 12.5. The molecule has 32 heavy (non-hydrogen) atoms. The van der Waals surface area contributed by atoms with Crippen LogP contribution in [0.5, 0.6) is 0 Å². The third-order valence-electron chi connectivity index (χ3n) is 5.70. The van der Waals surface area contributed by atoms with E-state index in [-0.39, 0.29) is 5.97 Å². The first kappa shape index (κ1) is 22.6. The first-order valence-corrected chi connectivity index (χ1v) is 12.1. The summed E-state index contributed by atoms with van der Waals surface area (Å²) in [5, 5.41) is 4.46. The first-order valence-electron chi connectivity index (χ1n) is 11.3. The molecule has 170 valence electrons. The van der Waals surface area contributed by atoms with Crippen molar-refractivity contribution in [2.45, 2.75) is 26.7 Å². The van der Waals surface area contributed by atoms with Crippen LogP contribution in [0.3, 0.4) is 0 Å². The van der Waals surface area contributed by atoms with Crippen molar-refractivity contribution in [3.05, 3.63) is 52.2 Å². The molecule has 0 aliphatic carbocycles. The lowest BCUT2D eigenvalue weighted by Crippen LogP contribution is -3.14. The van der Waals surface area contributed by atoms with Crippen molar-refractivity contribution in [2.24, 2.45) is 0 Å². The number of quaternary nitrogens is 1. The fraction of sp³-hybridized carbons (Fsp3) is 0.458. The van der Waals surface area contributed by atoms with Gasteiger partial charge in [-0.25, -0.2) is 14.8 Å². The number of aryl methyl sites for hydroxylation is 1. The van der Waals surface area contributed by atoms with Crippen LogP contribution in [0.2, 0.25) is 0 Å². The van der Waals surface area contributed by atoms with E-state index in [0.29, 0.717) is 17.9 Å². The molecule has 7 nitrogen and oxygen atoms in total. The van der Waals surface area contributed by atoms with Crippen molar-refractivity contribution in [1.29, 1.82) is 0 Å². The largest absolute Gasteiger partial charge is 0.462 e. The number of fused-ring (bicyclic) bond motifs is 1. The predicted molar refractivity (Wildman–Crippen MR) is 127 cm³/mol. The number of carbonyl (C=O) groups is 1. The molecule has 0 amide bonds. The fourth-order valence-corrected chi connectivity index (χ4v) is 5.11. The van der Waals surface area contributed by atoms with Gasteiger partial charge in [0, 0.05) is 19.4 Å². The lowest BCUT2D eigenvalue weighted by Gasteiger charge is -2.23. The summed E-state index contributed by atoms with van der Waals surface area (Å²) in [4.78, 5) is 25.2. The van der Waals surface area contributed by atoms with E-state index in [1.807, 2.05) is 32.0 Å². The molecular formula is C24H31N4O3S+. The van der Waals surface area contributed by atoms with E-state index in [4.69, 9.17) is 19.4 Å². The number of benzene rings is 1. The molecule has 1 aliphatic rings. The van der Waals surface area contributed by atoms with Crippen LogP contribution in [0.4, 0.5) is 5.82 Å². The Bertz CT molecular complexity index is 1050. The summed E-state index contributed by atoms with van der Waals surface area (Å²) in [7, 11) is 0. The van der Waals surface area contributed by atoms with Crippen LogP contribution in [0, 0.1) is 6.92 Å². The highest BCUT2D eigenvalue weighted by molar-refractivity contribution is 7.20. The Kier molecular flexibility index (Phi) is 7.68. The normalized spacial score (nSPS) is 14.6. The van der Waals surface area contributed by atoms with Crippen LogP contribution in [-0.4, -0.2) is 61.9 Å². The van der Waals surface area contributed by atoms with E-state index in [9.17, 15) is 4.79 Å². The SMILES string of the molecule is CCOC(=O)c1sc2nc(Cc3ccccc3)nc(NCCC[NH+]3CCOCC3)c2c1C. The number of hydrogen-bond donors (Lipinski definition) is 2. The Balaban J connectivity index is 1.57. The molecule has 4 rings (SSSR count). The number of rotatable bonds is 9. The molecular weight excluding hydrogens is 424 g/mol. The van der Waals surface area contributed by atoms with Crippen LogP contribution in [-0.2, 0) is 15.9 Å². The quantitative estimate of drug-likeness (QED) is 0.381. The smallest absolute Gasteiger partial charge is 0.348 e. The average Bonchev–Trinajstić information content (AvgIpc) is 3.15. The molecule has 2 aromatic heterocycles. The van der Waals surface area contributed by atoms with Gasteiger partial charge in [-0.2, -0.15) is 0 Å². The summed E-state index contributed by atoms with van der Waals surface area (Å²) in [5.41, 5.74) is 2.05. The molecule has 0 spiro atoms. The molecule has 1 saturated heterocycles. The summed E-state index contributed by atoms with van der Waals surface area (Å²) < 4.78 is 10.7. The van der Waals surface area contributed by atoms with E-state index in [2.05, 4.69) is 17.4 Å². The molecule has 1 fully saturated rings. The van der Waals surface area contributed by atoms with Gasteiger partial charge < -0.3 is 19.7 Å². The van der Waals surface area contributed by atoms with E-state index in [0.717, 1.165) is 78.8 Å².